The molecule has 1 aliphatic heterocycles. The van der Waals surface area contributed by atoms with Gasteiger partial charge in [0.25, 0.3) is 0 Å². The molecule has 0 spiro atoms. The molecule has 1 saturated heterocycles. The summed E-state index contributed by atoms with van der Waals surface area (Å²) in [5.74, 6) is 0.784. The molecule has 21 heavy (non-hydrogen) atoms. The molecule has 0 aromatic rings. The van der Waals surface area contributed by atoms with Crippen LogP contribution in [-0.4, -0.2) is 42.0 Å². The van der Waals surface area contributed by atoms with Crippen molar-refractivity contribution in [3.05, 3.63) is 0 Å². The van der Waals surface area contributed by atoms with Crippen molar-refractivity contribution < 1.29 is 4.79 Å². The summed E-state index contributed by atoms with van der Waals surface area (Å²) in [6.45, 7) is 2.81. The number of carbonyl (C=O) groups is 1. The lowest BCUT2D eigenvalue weighted by Crippen LogP contribution is -2.56. The van der Waals surface area contributed by atoms with Crippen molar-refractivity contribution in [1.29, 1.82) is 5.26 Å². The molecule has 1 heterocycles. The molecule has 5 nitrogen and oxygen atoms in total. The van der Waals surface area contributed by atoms with Crippen LogP contribution in [0.5, 0.6) is 0 Å². The molecule has 3 N–H and O–H groups in total. The summed E-state index contributed by atoms with van der Waals surface area (Å²) in [5, 5.41) is 13.4. The van der Waals surface area contributed by atoms with E-state index in [1.165, 1.54) is 25.7 Å². The van der Waals surface area contributed by atoms with E-state index in [2.05, 4.69) is 16.3 Å². The average molecular weight is 290 g/mol. The molecular formula is C16H26N4O. The first-order valence-electron chi connectivity index (χ1n) is 8.31. The molecule has 0 radical (unpaired) electrons. The van der Waals surface area contributed by atoms with E-state index in [0.29, 0.717) is 24.3 Å². The monoisotopic (exact) mass is 290 g/mol. The minimum Gasteiger partial charge on any atom is -0.370 e. The Morgan fingerprint density at radius 1 is 1.24 bits per heavy atom. The molecule has 3 aliphatic rings. The molecule has 3 rings (SSSR count). The van der Waals surface area contributed by atoms with E-state index < -0.39 is 0 Å². The van der Waals surface area contributed by atoms with Crippen molar-refractivity contribution >= 4 is 5.91 Å². The third-order valence-electron chi connectivity index (χ3n) is 5.18. The highest BCUT2D eigenvalue weighted by Gasteiger charge is 2.49. The van der Waals surface area contributed by atoms with Gasteiger partial charge in [0.2, 0.25) is 5.91 Å². The van der Waals surface area contributed by atoms with E-state index in [1.807, 2.05) is 0 Å². The number of hydrogen-bond donors (Lipinski definition) is 2. The van der Waals surface area contributed by atoms with Crippen molar-refractivity contribution in [2.24, 2.45) is 17.6 Å². The highest BCUT2D eigenvalue weighted by atomic mass is 16.1. The molecule has 1 atom stereocenters. The summed E-state index contributed by atoms with van der Waals surface area (Å²) >= 11 is 0. The third kappa shape index (κ3) is 3.75. The van der Waals surface area contributed by atoms with Gasteiger partial charge < -0.3 is 10.6 Å². The Balaban J connectivity index is 1.54. The van der Waals surface area contributed by atoms with E-state index >= 15 is 0 Å². The minimum atomic E-state index is -0.336. The highest BCUT2D eigenvalue weighted by Crippen LogP contribution is 2.42. The summed E-state index contributed by atoms with van der Waals surface area (Å²) in [4.78, 5) is 13.4. The van der Waals surface area contributed by atoms with Crippen LogP contribution in [0, 0.1) is 23.2 Å². The van der Waals surface area contributed by atoms with Gasteiger partial charge >= 0.3 is 0 Å². The van der Waals surface area contributed by atoms with E-state index in [0.717, 1.165) is 32.5 Å². The fourth-order valence-electron chi connectivity index (χ4n) is 3.61. The van der Waals surface area contributed by atoms with Gasteiger partial charge in [0.05, 0.1) is 6.07 Å². The van der Waals surface area contributed by atoms with Gasteiger partial charge in [-0.3, -0.25) is 10.1 Å². The maximum Gasteiger partial charge on any atom is 0.217 e. The molecule has 3 fully saturated rings. The zero-order valence-electron chi connectivity index (χ0n) is 12.7. The first-order valence-corrected chi connectivity index (χ1v) is 8.31. The molecular weight excluding hydrogens is 264 g/mol. The van der Waals surface area contributed by atoms with Crippen LogP contribution < -0.4 is 11.1 Å². The van der Waals surface area contributed by atoms with E-state index in [1.54, 1.807) is 0 Å². The Kier molecular flexibility index (Phi) is 4.19. The number of nitriles is 1. The summed E-state index contributed by atoms with van der Waals surface area (Å²) in [5.41, 5.74) is 4.95. The van der Waals surface area contributed by atoms with Crippen LogP contribution in [0.1, 0.15) is 44.9 Å². The normalized spacial score (nSPS) is 27.0. The standard InChI is InChI=1S/C16H26N4O/c17-10-16(13-1-2-13,19-14-3-4-14)11-20-7-5-12(6-8-20)9-15(18)21/h12-14,19H,1-9,11H2,(H2,18,21). The van der Waals surface area contributed by atoms with Crippen LogP contribution in [0.4, 0.5) is 0 Å². The lowest BCUT2D eigenvalue weighted by atomic mass is 9.89. The van der Waals surface area contributed by atoms with Crippen molar-refractivity contribution in [2.75, 3.05) is 19.6 Å². The van der Waals surface area contributed by atoms with Gasteiger partial charge in [-0.2, -0.15) is 5.26 Å². The van der Waals surface area contributed by atoms with Crippen LogP contribution in [0.25, 0.3) is 0 Å². The topological polar surface area (TPSA) is 82.2 Å². The lowest BCUT2D eigenvalue weighted by molar-refractivity contribution is -0.119. The lowest BCUT2D eigenvalue weighted by Gasteiger charge is -2.38. The van der Waals surface area contributed by atoms with Crippen LogP contribution in [0.2, 0.25) is 0 Å². The Morgan fingerprint density at radius 3 is 2.38 bits per heavy atom. The smallest absolute Gasteiger partial charge is 0.217 e. The second kappa shape index (κ2) is 5.94. The molecule has 1 unspecified atom stereocenters. The first-order chi connectivity index (χ1) is 10.1. The Hall–Kier alpha value is -1.12. The number of nitrogens with zero attached hydrogens (tertiary/aromatic N) is 2. The Labute approximate surface area is 126 Å². The first kappa shape index (κ1) is 14.8. The predicted octanol–water partition coefficient (Wildman–Crippen LogP) is 0.998. The SMILES string of the molecule is N#CC(CN1CCC(CC(N)=O)CC1)(NC1CC1)C1CC1. The number of carbonyl (C=O) groups excluding carboxylic acids is 1. The number of nitrogens with one attached hydrogen (secondary N) is 1. The minimum absolute atomic E-state index is 0.187. The summed E-state index contributed by atoms with van der Waals surface area (Å²) in [7, 11) is 0. The number of piperidine rings is 1. The molecule has 2 saturated carbocycles. The van der Waals surface area contributed by atoms with Crippen molar-refractivity contribution in [2.45, 2.75) is 56.5 Å². The number of rotatable bonds is 7. The Bertz CT molecular complexity index is 430. The van der Waals surface area contributed by atoms with Crippen molar-refractivity contribution in [1.82, 2.24) is 10.2 Å². The molecule has 5 heteroatoms. The molecule has 0 aromatic heterocycles. The van der Waals surface area contributed by atoms with Crippen LogP contribution in [-0.2, 0) is 4.79 Å². The fraction of sp³-hybridized carbons (Fsp3) is 0.875. The van der Waals surface area contributed by atoms with E-state index in [4.69, 9.17) is 5.73 Å². The summed E-state index contributed by atoms with van der Waals surface area (Å²) in [6.07, 6.45) is 7.38. The van der Waals surface area contributed by atoms with Gasteiger partial charge in [0.15, 0.2) is 0 Å². The number of hydrogen-bond acceptors (Lipinski definition) is 4. The van der Waals surface area contributed by atoms with Crippen molar-refractivity contribution in [3.63, 3.8) is 0 Å². The fourth-order valence-corrected chi connectivity index (χ4v) is 3.61. The van der Waals surface area contributed by atoms with E-state index in [-0.39, 0.29) is 11.4 Å². The quantitative estimate of drug-likeness (QED) is 0.733. The van der Waals surface area contributed by atoms with Gasteiger partial charge in [-0.05, 0) is 63.5 Å². The predicted molar refractivity (Wildman–Crippen MR) is 80.2 cm³/mol. The molecule has 1 amide bonds. The number of likely N-dealkylation sites (tertiary alicyclic amines) is 1. The van der Waals surface area contributed by atoms with Gasteiger partial charge in [0, 0.05) is 19.0 Å². The molecule has 0 aromatic carbocycles. The van der Waals surface area contributed by atoms with Gasteiger partial charge in [-0.1, -0.05) is 0 Å². The summed E-state index contributed by atoms with van der Waals surface area (Å²) in [6, 6.07) is 3.18. The average Bonchev–Trinajstić information content (AvgIpc) is 3.33. The zero-order valence-corrected chi connectivity index (χ0v) is 12.7. The van der Waals surface area contributed by atoms with Crippen LogP contribution >= 0.6 is 0 Å². The van der Waals surface area contributed by atoms with E-state index in [9.17, 15) is 10.1 Å². The zero-order chi connectivity index (χ0) is 14.9. The largest absolute Gasteiger partial charge is 0.370 e. The third-order valence-corrected chi connectivity index (χ3v) is 5.18. The molecule has 0 bridgehead atoms. The second-order valence-corrected chi connectivity index (χ2v) is 7.17. The van der Waals surface area contributed by atoms with Gasteiger partial charge in [-0.15, -0.1) is 0 Å². The maximum atomic E-state index is 11.0. The molecule has 2 aliphatic carbocycles. The molecule has 116 valence electrons. The van der Waals surface area contributed by atoms with Crippen LogP contribution in [0.15, 0.2) is 0 Å². The van der Waals surface area contributed by atoms with Crippen molar-refractivity contribution in [3.8, 4) is 6.07 Å². The number of amides is 1. The number of primary amides is 1. The number of nitrogens with two attached hydrogens (primary N) is 1. The maximum absolute atomic E-state index is 11.0. The summed E-state index contributed by atoms with van der Waals surface area (Å²) < 4.78 is 0. The van der Waals surface area contributed by atoms with Crippen LogP contribution in [0.3, 0.4) is 0 Å². The second-order valence-electron chi connectivity index (χ2n) is 7.17. The highest BCUT2D eigenvalue weighted by molar-refractivity contribution is 5.73. The Morgan fingerprint density at radius 2 is 1.90 bits per heavy atom. The van der Waals surface area contributed by atoms with Gasteiger partial charge in [-0.25, -0.2) is 0 Å². The van der Waals surface area contributed by atoms with Gasteiger partial charge in [0.1, 0.15) is 5.54 Å².